The first-order valence-electron chi connectivity index (χ1n) is 7.18. The maximum absolute atomic E-state index is 3.80. The summed E-state index contributed by atoms with van der Waals surface area (Å²) < 4.78 is 0. The van der Waals surface area contributed by atoms with Gasteiger partial charge in [0, 0.05) is 36.0 Å². The summed E-state index contributed by atoms with van der Waals surface area (Å²) in [6.07, 6.45) is 8.58. The average Bonchev–Trinajstić information content (AvgIpc) is 2.40. The molecule has 0 bridgehead atoms. The van der Waals surface area contributed by atoms with Gasteiger partial charge >= 0.3 is 0 Å². The molecule has 100 valence electrons. The first kappa shape index (κ1) is 14.2. The molecular formula is C14H26BrNS. The van der Waals surface area contributed by atoms with Crippen LogP contribution < -0.4 is 0 Å². The highest BCUT2D eigenvalue weighted by Gasteiger charge is 2.34. The van der Waals surface area contributed by atoms with Crippen molar-refractivity contribution in [3.63, 3.8) is 0 Å². The summed E-state index contributed by atoms with van der Waals surface area (Å²) in [6, 6.07) is 0. The van der Waals surface area contributed by atoms with Crippen molar-refractivity contribution < 1.29 is 0 Å². The summed E-state index contributed by atoms with van der Waals surface area (Å²) in [7, 11) is 0. The summed E-state index contributed by atoms with van der Waals surface area (Å²) in [5.41, 5.74) is 0.596. The van der Waals surface area contributed by atoms with Crippen molar-refractivity contribution in [2.24, 2.45) is 5.41 Å². The fourth-order valence-electron chi connectivity index (χ4n) is 3.28. The molecule has 0 amide bonds. The van der Waals surface area contributed by atoms with Crippen LogP contribution in [0.3, 0.4) is 0 Å². The Kier molecular flexibility index (Phi) is 5.69. The zero-order valence-corrected chi connectivity index (χ0v) is 13.5. The van der Waals surface area contributed by atoms with E-state index in [2.05, 4.69) is 39.5 Å². The predicted molar refractivity (Wildman–Crippen MR) is 82.3 cm³/mol. The molecule has 1 nitrogen and oxygen atoms in total. The first-order chi connectivity index (χ1) is 8.28. The Balaban J connectivity index is 1.88. The van der Waals surface area contributed by atoms with E-state index in [1.54, 1.807) is 0 Å². The van der Waals surface area contributed by atoms with Crippen molar-refractivity contribution >= 4 is 27.7 Å². The number of thioether (sulfide) groups is 1. The van der Waals surface area contributed by atoms with Gasteiger partial charge in [-0.3, -0.25) is 0 Å². The lowest BCUT2D eigenvalue weighted by Crippen LogP contribution is -2.46. The maximum Gasteiger partial charge on any atom is 0.0172 e. The third-order valence-electron chi connectivity index (χ3n) is 4.43. The van der Waals surface area contributed by atoms with E-state index in [9.17, 15) is 0 Å². The van der Waals surface area contributed by atoms with Gasteiger partial charge in [-0.05, 0) is 24.7 Å². The Morgan fingerprint density at radius 2 is 2.06 bits per heavy atom. The molecule has 1 aliphatic heterocycles. The lowest BCUT2D eigenvalue weighted by atomic mass is 9.75. The topological polar surface area (TPSA) is 3.24 Å². The molecule has 2 aliphatic rings. The summed E-state index contributed by atoms with van der Waals surface area (Å²) in [5.74, 6) is 1.34. The van der Waals surface area contributed by atoms with Gasteiger partial charge in [-0.25, -0.2) is 0 Å². The van der Waals surface area contributed by atoms with E-state index in [4.69, 9.17) is 0 Å². The molecule has 0 spiro atoms. The predicted octanol–water partition coefficient (Wildman–Crippen LogP) is 4.16. The largest absolute Gasteiger partial charge is 0.301 e. The van der Waals surface area contributed by atoms with E-state index >= 15 is 0 Å². The fraction of sp³-hybridized carbons (Fsp3) is 1.00. The number of hydrogen-bond acceptors (Lipinski definition) is 2. The molecule has 3 heteroatoms. The second-order valence-electron chi connectivity index (χ2n) is 5.83. The highest BCUT2D eigenvalue weighted by Crippen LogP contribution is 2.39. The Labute approximate surface area is 119 Å². The molecule has 2 fully saturated rings. The highest BCUT2D eigenvalue weighted by molar-refractivity contribution is 9.09. The Morgan fingerprint density at radius 1 is 1.29 bits per heavy atom. The molecule has 17 heavy (non-hydrogen) atoms. The minimum atomic E-state index is 0.596. The lowest BCUT2D eigenvalue weighted by molar-refractivity contribution is 0.129. The van der Waals surface area contributed by atoms with Crippen LogP contribution in [-0.4, -0.2) is 40.9 Å². The summed E-state index contributed by atoms with van der Waals surface area (Å²) in [4.78, 5) is 2.75. The van der Waals surface area contributed by atoms with E-state index in [1.807, 2.05) is 0 Å². The number of alkyl halides is 1. The van der Waals surface area contributed by atoms with Crippen LogP contribution in [0.25, 0.3) is 0 Å². The monoisotopic (exact) mass is 319 g/mol. The van der Waals surface area contributed by atoms with Gasteiger partial charge in [-0.2, -0.15) is 11.8 Å². The third kappa shape index (κ3) is 3.87. The summed E-state index contributed by atoms with van der Waals surface area (Å²) in [6.45, 7) is 6.32. The molecular weight excluding hydrogens is 294 g/mol. The van der Waals surface area contributed by atoms with E-state index in [-0.39, 0.29) is 0 Å². The fourth-order valence-corrected chi connectivity index (χ4v) is 5.27. The van der Waals surface area contributed by atoms with Crippen molar-refractivity contribution in [1.29, 1.82) is 0 Å². The van der Waals surface area contributed by atoms with Crippen molar-refractivity contribution in [1.82, 2.24) is 4.90 Å². The van der Waals surface area contributed by atoms with Crippen LogP contribution >= 0.6 is 27.7 Å². The van der Waals surface area contributed by atoms with Gasteiger partial charge in [0.2, 0.25) is 0 Å². The number of nitrogens with zero attached hydrogens (tertiary/aromatic N) is 1. The molecule has 1 saturated carbocycles. The van der Waals surface area contributed by atoms with Gasteiger partial charge in [-0.15, -0.1) is 0 Å². The van der Waals surface area contributed by atoms with Crippen molar-refractivity contribution in [3.8, 4) is 0 Å². The van der Waals surface area contributed by atoms with Crippen LogP contribution in [0.1, 0.15) is 45.4 Å². The van der Waals surface area contributed by atoms with Crippen molar-refractivity contribution in [3.05, 3.63) is 0 Å². The molecule has 0 N–H and O–H groups in total. The van der Waals surface area contributed by atoms with Crippen LogP contribution in [0, 0.1) is 5.41 Å². The Morgan fingerprint density at radius 3 is 2.71 bits per heavy atom. The van der Waals surface area contributed by atoms with Gasteiger partial charge < -0.3 is 4.90 Å². The molecule has 1 heterocycles. The number of halogens is 1. The molecule has 0 radical (unpaired) electrons. The highest BCUT2D eigenvalue weighted by atomic mass is 79.9. The number of hydrogen-bond donors (Lipinski definition) is 0. The first-order valence-corrected chi connectivity index (χ1v) is 9.35. The number of rotatable bonds is 4. The Bertz CT molecular complexity index is 228. The molecule has 0 aromatic heterocycles. The van der Waals surface area contributed by atoms with Crippen molar-refractivity contribution in [2.75, 3.05) is 30.7 Å². The molecule has 0 aromatic carbocycles. The van der Waals surface area contributed by atoms with E-state index in [0.29, 0.717) is 5.41 Å². The third-order valence-corrected chi connectivity index (χ3v) is 7.00. The van der Waals surface area contributed by atoms with Crippen molar-refractivity contribution in [2.45, 2.75) is 50.7 Å². The maximum atomic E-state index is 3.80. The SMILES string of the molecule is CCC1CN(CC2(CBr)CCCCC2)CCS1. The van der Waals surface area contributed by atoms with Gasteiger partial charge in [0.05, 0.1) is 0 Å². The minimum absolute atomic E-state index is 0.596. The van der Waals surface area contributed by atoms with E-state index < -0.39 is 0 Å². The molecule has 1 atom stereocenters. The van der Waals surface area contributed by atoms with Gasteiger partial charge in [0.15, 0.2) is 0 Å². The lowest BCUT2D eigenvalue weighted by Gasteiger charge is -2.42. The van der Waals surface area contributed by atoms with E-state index in [0.717, 1.165) is 5.25 Å². The smallest absolute Gasteiger partial charge is 0.0172 e. The van der Waals surface area contributed by atoms with Crippen LogP contribution in [-0.2, 0) is 0 Å². The van der Waals surface area contributed by atoms with Crippen LogP contribution in [0.15, 0.2) is 0 Å². The van der Waals surface area contributed by atoms with Gasteiger partial charge in [-0.1, -0.05) is 42.1 Å². The normalized spacial score (nSPS) is 30.4. The molecule has 1 aliphatic carbocycles. The Hall–Kier alpha value is 0.790. The zero-order valence-electron chi connectivity index (χ0n) is 11.1. The van der Waals surface area contributed by atoms with Crippen LogP contribution in [0.4, 0.5) is 0 Å². The minimum Gasteiger partial charge on any atom is -0.301 e. The van der Waals surface area contributed by atoms with Gasteiger partial charge in [0.1, 0.15) is 0 Å². The molecule has 1 unspecified atom stereocenters. The molecule has 0 aromatic rings. The van der Waals surface area contributed by atoms with Crippen LogP contribution in [0.2, 0.25) is 0 Å². The average molecular weight is 320 g/mol. The second-order valence-corrected chi connectivity index (χ2v) is 7.80. The summed E-state index contributed by atoms with van der Waals surface area (Å²) >= 11 is 5.98. The summed E-state index contributed by atoms with van der Waals surface area (Å²) in [5, 5.41) is 2.10. The standard InChI is InChI=1S/C14H26BrNS/c1-2-13-10-16(8-9-17-13)12-14(11-15)6-4-3-5-7-14/h13H,2-12H2,1H3. The van der Waals surface area contributed by atoms with Gasteiger partial charge in [0.25, 0.3) is 0 Å². The second kappa shape index (κ2) is 6.81. The molecule has 1 saturated heterocycles. The van der Waals surface area contributed by atoms with E-state index in [1.165, 1.54) is 69.2 Å². The zero-order chi connectivity index (χ0) is 12.1. The quantitative estimate of drug-likeness (QED) is 0.716. The molecule has 2 rings (SSSR count). The van der Waals surface area contributed by atoms with Crippen LogP contribution in [0.5, 0.6) is 0 Å².